The third kappa shape index (κ3) is 4.30. The Morgan fingerprint density at radius 2 is 1.76 bits per heavy atom. The number of ketones is 1. The predicted octanol–water partition coefficient (Wildman–Crippen LogP) is 6.48. The predicted molar refractivity (Wildman–Crippen MR) is 135 cm³/mol. The first-order chi connectivity index (χ1) is 15.6. The number of benzene rings is 2. The second-order valence-corrected chi connectivity index (χ2v) is 10.8. The smallest absolute Gasteiger partial charge is 0.193 e. The van der Waals surface area contributed by atoms with Crippen molar-refractivity contribution in [2.75, 3.05) is 13.1 Å². The largest absolute Gasteiger partial charge is 0.301 e. The van der Waals surface area contributed by atoms with E-state index >= 15 is 0 Å². The van der Waals surface area contributed by atoms with Crippen LogP contribution in [0.3, 0.4) is 0 Å². The van der Waals surface area contributed by atoms with Gasteiger partial charge >= 0.3 is 0 Å². The molecule has 3 heteroatoms. The minimum Gasteiger partial charge on any atom is -0.301 e. The molecule has 172 valence electrons. The standard InChI is InChI=1S/C30H36N2O/c1-19(2)32-13-11-22(12-14-32)16-23-8-10-27-26(17-23)29(33)28(21(4)30(27,5)6)25-9-7-24(18-31)15-20(25)3/h7-10,15,17,19,22H,11-14,16H2,1-6H3. The van der Waals surface area contributed by atoms with Crippen LogP contribution in [0, 0.1) is 24.2 Å². The number of nitrogens with zero attached hydrogens (tertiary/aromatic N) is 2. The Labute approximate surface area is 199 Å². The quantitative estimate of drug-likeness (QED) is 0.547. The van der Waals surface area contributed by atoms with Gasteiger partial charge in [-0.3, -0.25) is 4.79 Å². The molecule has 2 aromatic carbocycles. The second-order valence-electron chi connectivity index (χ2n) is 10.8. The number of hydrogen-bond donors (Lipinski definition) is 0. The molecule has 0 saturated carbocycles. The van der Waals surface area contributed by atoms with Gasteiger partial charge in [0.05, 0.1) is 11.6 Å². The highest BCUT2D eigenvalue weighted by Crippen LogP contribution is 2.45. The minimum atomic E-state index is -0.222. The molecule has 0 aromatic heterocycles. The first-order valence-corrected chi connectivity index (χ1v) is 12.3. The molecular formula is C30H36N2O. The summed E-state index contributed by atoms with van der Waals surface area (Å²) in [5.41, 5.74) is 7.48. The van der Waals surface area contributed by atoms with Crippen LogP contribution in [0.25, 0.3) is 5.57 Å². The molecule has 1 aliphatic heterocycles. The van der Waals surface area contributed by atoms with Crippen molar-refractivity contribution in [3.63, 3.8) is 0 Å². The van der Waals surface area contributed by atoms with Crippen molar-refractivity contribution in [1.29, 1.82) is 5.26 Å². The summed E-state index contributed by atoms with van der Waals surface area (Å²) in [6.07, 6.45) is 3.49. The van der Waals surface area contributed by atoms with Crippen LogP contribution in [0.2, 0.25) is 0 Å². The second kappa shape index (κ2) is 8.92. The summed E-state index contributed by atoms with van der Waals surface area (Å²) in [4.78, 5) is 16.4. The fraction of sp³-hybridized carbons (Fsp3) is 0.467. The van der Waals surface area contributed by atoms with Gasteiger partial charge in [0.2, 0.25) is 0 Å². The topological polar surface area (TPSA) is 44.1 Å². The van der Waals surface area contributed by atoms with E-state index < -0.39 is 0 Å². The lowest BCUT2D eigenvalue weighted by Gasteiger charge is -2.36. The van der Waals surface area contributed by atoms with Crippen molar-refractivity contribution in [2.45, 2.75) is 72.3 Å². The Morgan fingerprint density at radius 1 is 1.06 bits per heavy atom. The van der Waals surface area contributed by atoms with E-state index in [2.05, 4.69) is 63.8 Å². The zero-order valence-electron chi connectivity index (χ0n) is 21.0. The van der Waals surface area contributed by atoms with Crippen LogP contribution in [0.5, 0.6) is 0 Å². The Hall–Kier alpha value is -2.70. The first kappa shape index (κ1) is 23.5. The number of piperidine rings is 1. The summed E-state index contributed by atoms with van der Waals surface area (Å²) in [5.74, 6) is 0.799. The van der Waals surface area contributed by atoms with E-state index in [1.165, 1.54) is 31.5 Å². The molecule has 0 unspecified atom stereocenters. The Morgan fingerprint density at radius 3 is 2.36 bits per heavy atom. The highest BCUT2D eigenvalue weighted by molar-refractivity contribution is 6.32. The van der Waals surface area contributed by atoms with Gasteiger partial charge in [-0.05, 0) is 106 Å². The fourth-order valence-corrected chi connectivity index (χ4v) is 5.62. The van der Waals surface area contributed by atoms with Gasteiger partial charge in [0.15, 0.2) is 5.78 Å². The molecule has 2 aliphatic rings. The molecule has 2 aromatic rings. The molecule has 0 N–H and O–H groups in total. The molecule has 1 saturated heterocycles. The first-order valence-electron chi connectivity index (χ1n) is 12.3. The van der Waals surface area contributed by atoms with Crippen molar-refractivity contribution in [2.24, 2.45) is 5.92 Å². The number of rotatable bonds is 4. The summed E-state index contributed by atoms with van der Waals surface area (Å²) in [6.45, 7) is 15.4. The van der Waals surface area contributed by atoms with Gasteiger partial charge in [-0.2, -0.15) is 5.26 Å². The average Bonchev–Trinajstić information content (AvgIpc) is 2.79. The van der Waals surface area contributed by atoms with E-state index in [0.29, 0.717) is 17.5 Å². The Kier molecular flexibility index (Phi) is 6.34. The monoisotopic (exact) mass is 440 g/mol. The summed E-state index contributed by atoms with van der Waals surface area (Å²) in [7, 11) is 0. The maximum atomic E-state index is 13.9. The molecule has 3 nitrogen and oxygen atoms in total. The number of Topliss-reactive ketones (excluding diaryl/α,β-unsaturated/α-hetero) is 1. The van der Waals surface area contributed by atoms with Crippen LogP contribution in [-0.4, -0.2) is 29.8 Å². The third-order valence-electron chi connectivity index (χ3n) is 8.07. The van der Waals surface area contributed by atoms with Gasteiger partial charge in [0, 0.05) is 22.6 Å². The fourth-order valence-electron chi connectivity index (χ4n) is 5.62. The number of fused-ring (bicyclic) bond motifs is 1. The van der Waals surface area contributed by atoms with Crippen LogP contribution < -0.4 is 0 Å². The highest BCUT2D eigenvalue weighted by atomic mass is 16.1. The van der Waals surface area contributed by atoms with Gasteiger partial charge in [-0.1, -0.05) is 37.6 Å². The van der Waals surface area contributed by atoms with Gasteiger partial charge in [0.25, 0.3) is 0 Å². The number of likely N-dealkylation sites (tertiary alicyclic amines) is 1. The van der Waals surface area contributed by atoms with E-state index in [0.717, 1.165) is 39.8 Å². The van der Waals surface area contributed by atoms with E-state index in [9.17, 15) is 10.1 Å². The van der Waals surface area contributed by atoms with Gasteiger partial charge in [-0.25, -0.2) is 0 Å². The SMILES string of the molecule is CC1=C(c2ccc(C#N)cc2C)C(=O)c2cc(CC3CCN(C(C)C)CC3)ccc2C1(C)C. The van der Waals surface area contributed by atoms with Gasteiger partial charge in [-0.15, -0.1) is 0 Å². The minimum absolute atomic E-state index is 0.117. The number of carbonyl (C=O) groups excluding carboxylic acids is 1. The Bertz CT molecular complexity index is 1150. The molecule has 0 amide bonds. The van der Waals surface area contributed by atoms with Crippen molar-refractivity contribution in [3.05, 3.63) is 75.4 Å². The van der Waals surface area contributed by atoms with Crippen molar-refractivity contribution >= 4 is 11.4 Å². The maximum absolute atomic E-state index is 13.9. The molecule has 1 heterocycles. The number of carbonyl (C=O) groups is 1. The summed E-state index contributed by atoms with van der Waals surface area (Å²) < 4.78 is 0. The van der Waals surface area contributed by atoms with Gasteiger partial charge in [0.1, 0.15) is 0 Å². The zero-order valence-corrected chi connectivity index (χ0v) is 21.0. The number of aryl methyl sites for hydroxylation is 1. The number of hydrogen-bond acceptors (Lipinski definition) is 3. The van der Waals surface area contributed by atoms with Crippen LogP contribution >= 0.6 is 0 Å². The van der Waals surface area contributed by atoms with E-state index in [1.54, 1.807) is 0 Å². The van der Waals surface area contributed by atoms with Crippen molar-refractivity contribution in [1.82, 2.24) is 4.90 Å². The molecule has 0 atom stereocenters. The number of nitriles is 1. The van der Waals surface area contributed by atoms with E-state index in [-0.39, 0.29) is 11.2 Å². The third-order valence-corrected chi connectivity index (χ3v) is 8.07. The van der Waals surface area contributed by atoms with E-state index in [1.807, 2.05) is 25.1 Å². The lowest BCUT2D eigenvalue weighted by atomic mass is 9.67. The summed E-state index contributed by atoms with van der Waals surface area (Å²) >= 11 is 0. The van der Waals surface area contributed by atoms with Gasteiger partial charge < -0.3 is 4.90 Å². The molecular weight excluding hydrogens is 404 g/mol. The zero-order chi connectivity index (χ0) is 23.9. The summed E-state index contributed by atoms with van der Waals surface area (Å²) in [5, 5.41) is 9.26. The Balaban J connectivity index is 1.66. The molecule has 0 bridgehead atoms. The molecule has 0 spiro atoms. The summed E-state index contributed by atoms with van der Waals surface area (Å²) in [6, 6.07) is 15.1. The van der Waals surface area contributed by atoms with Crippen LogP contribution in [0.4, 0.5) is 0 Å². The maximum Gasteiger partial charge on any atom is 0.193 e. The molecule has 0 radical (unpaired) electrons. The molecule has 1 fully saturated rings. The van der Waals surface area contributed by atoms with E-state index in [4.69, 9.17) is 0 Å². The lowest BCUT2D eigenvalue weighted by molar-refractivity contribution is 0.105. The normalized spacial score (nSPS) is 19.0. The number of allylic oxidation sites excluding steroid dienone is 2. The highest BCUT2D eigenvalue weighted by Gasteiger charge is 2.37. The lowest BCUT2D eigenvalue weighted by Crippen LogP contribution is -2.38. The van der Waals surface area contributed by atoms with Crippen LogP contribution in [-0.2, 0) is 11.8 Å². The van der Waals surface area contributed by atoms with Crippen LogP contribution in [0.1, 0.15) is 85.6 Å². The molecule has 4 rings (SSSR count). The van der Waals surface area contributed by atoms with Crippen LogP contribution in [0.15, 0.2) is 42.0 Å². The van der Waals surface area contributed by atoms with Crippen molar-refractivity contribution in [3.8, 4) is 6.07 Å². The van der Waals surface area contributed by atoms with Crippen molar-refractivity contribution < 1.29 is 4.79 Å². The molecule has 33 heavy (non-hydrogen) atoms. The molecule has 1 aliphatic carbocycles. The average molecular weight is 441 g/mol.